The molecule has 2 aromatic carbocycles. The van der Waals surface area contributed by atoms with Crippen molar-refractivity contribution >= 4 is 11.7 Å². The number of carbonyl (C=O) groups is 2. The minimum absolute atomic E-state index is 0.0368. The zero-order chi connectivity index (χ0) is 21.8. The lowest BCUT2D eigenvalue weighted by molar-refractivity contribution is -0.129. The highest BCUT2D eigenvalue weighted by atomic mass is 19.1. The number of ketones is 1. The Bertz CT molecular complexity index is 984. The molecule has 1 amide bonds. The van der Waals surface area contributed by atoms with Crippen LogP contribution >= 0.6 is 0 Å². The summed E-state index contributed by atoms with van der Waals surface area (Å²) >= 11 is 0. The monoisotopic (exact) mass is 413 g/mol. The average molecular weight is 413 g/mol. The standard InChI is InChI=1S/C23H24FNO5/c1-3-17(26)20-21(15-7-10-18(27)19(13-15)30-4-2)25(23(29)22(20)28)12-11-14-5-8-16(24)9-6-14/h5-10,13,21,27-28H,3-4,11-12H2,1-2H3. The van der Waals surface area contributed by atoms with Crippen molar-refractivity contribution in [3.8, 4) is 11.5 Å². The van der Waals surface area contributed by atoms with Gasteiger partial charge >= 0.3 is 0 Å². The number of halogens is 1. The molecule has 0 bridgehead atoms. The molecule has 1 unspecified atom stereocenters. The van der Waals surface area contributed by atoms with Crippen LogP contribution in [0, 0.1) is 5.82 Å². The van der Waals surface area contributed by atoms with E-state index in [9.17, 15) is 24.2 Å². The summed E-state index contributed by atoms with van der Waals surface area (Å²) < 4.78 is 18.6. The van der Waals surface area contributed by atoms with E-state index in [0.29, 0.717) is 18.6 Å². The van der Waals surface area contributed by atoms with Gasteiger partial charge in [-0.1, -0.05) is 25.1 Å². The average Bonchev–Trinajstić information content (AvgIpc) is 2.99. The van der Waals surface area contributed by atoms with Crippen molar-refractivity contribution in [3.63, 3.8) is 0 Å². The van der Waals surface area contributed by atoms with Crippen molar-refractivity contribution in [1.29, 1.82) is 0 Å². The number of hydrogen-bond donors (Lipinski definition) is 2. The quantitative estimate of drug-likeness (QED) is 0.687. The van der Waals surface area contributed by atoms with Crippen molar-refractivity contribution in [3.05, 3.63) is 70.7 Å². The molecule has 3 rings (SSSR count). The van der Waals surface area contributed by atoms with E-state index in [1.165, 1.54) is 23.1 Å². The number of phenolic OH excluding ortho intramolecular Hbond substituents is 1. The number of rotatable bonds is 8. The number of Topliss-reactive ketones (excluding diaryl/α,β-unsaturated/α-hetero) is 1. The number of amides is 1. The fourth-order valence-electron chi connectivity index (χ4n) is 3.58. The Hall–Kier alpha value is -3.35. The first-order valence-electron chi connectivity index (χ1n) is 9.84. The highest BCUT2D eigenvalue weighted by Gasteiger charge is 2.42. The predicted octanol–water partition coefficient (Wildman–Crippen LogP) is 3.85. The third-order valence-electron chi connectivity index (χ3n) is 5.08. The maximum atomic E-state index is 13.2. The Kier molecular flexibility index (Phi) is 6.40. The van der Waals surface area contributed by atoms with Crippen LogP contribution < -0.4 is 4.74 Å². The van der Waals surface area contributed by atoms with Gasteiger partial charge in [0, 0.05) is 13.0 Å². The molecular formula is C23H24FNO5. The van der Waals surface area contributed by atoms with Crippen LogP contribution in [0.25, 0.3) is 0 Å². The lowest BCUT2D eigenvalue weighted by Gasteiger charge is -2.27. The van der Waals surface area contributed by atoms with E-state index in [0.717, 1.165) is 5.56 Å². The molecule has 2 aromatic rings. The fourth-order valence-corrected chi connectivity index (χ4v) is 3.58. The number of phenols is 1. The van der Waals surface area contributed by atoms with Gasteiger partial charge in [0.05, 0.1) is 18.2 Å². The second-order valence-electron chi connectivity index (χ2n) is 6.98. The molecule has 0 radical (unpaired) electrons. The number of nitrogens with zero attached hydrogens (tertiary/aromatic N) is 1. The van der Waals surface area contributed by atoms with Gasteiger partial charge in [0.15, 0.2) is 23.0 Å². The van der Waals surface area contributed by atoms with Crippen LogP contribution in [0.2, 0.25) is 0 Å². The Morgan fingerprint density at radius 3 is 2.47 bits per heavy atom. The molecule has 1 aliphatic heterocycles. The van der Waals surface area contributed by atoms with Gasteiger partial charge in [0.1, 0.15) is 5.82 Å². The van der Waals surface area contributed by atoms with E-state index in [2.05, 4.69) is 0 Å². The van der Waals surface area contributed by atoms with Crippen LogP contribution in [-0.4, -0.2) is 40.0 Å². The molecule has 0 aromatic heterocycles. The summed E-state index contributed by atoms with van der Waals surface area (Å²) in [5.41, 5.74) is 1.40. The van der Waals surface area contributed by atoms with E-state index in [1.54, 1.807) is 38.1 Å². The third-order valence-corrected chi connectivity index (χ3v) is 5.08. The van der Waals surface area contributed by atoms with Crippen LogP contribution in [0.1, 0.15) is 37.4 Å². The molecule has 2 N–H and O–H groups in total. The van der Waals surface area contributed by atoms with Crippen molar-refractivity contribution in [2.75, 3.05) is 13.2 Å². The van der Waals surface area contributed by atoms with Gasteiger partial charge in [-0.2, -0.15) is 0 Å². The maximum Gasteiger partial charge on any atom is 0.290 e. The summed E-state index contributed by atoms with van der Waals surface area (Å²) in [5.74, 6) is -1.70. The first-order valence-corrected chi connectivity index (χ1v) is 9.84. The molecule has 6 nitrogen and oxygen atoms in total. The first kappa shape index (κ1) is 21.4. The summed E-state index contributed by atoms with van der Waals surface area (Å²) in [4.78, 5) is 26.8. The molecule has 1 aliphatic rings. The maximum absolute atomic E-state index is 13.2. The number of benzene rings is 2. The Labute approximate surface area is 174 Å². The third kappa shape index (κ3) is 4.15. The zero-order valence-corrected chi connectivity index (χ0v) is 16.9. The van der Waals surface area contributed by atoms with Gasteiger partial charge in [-0.3, -0.25) is 9.59 Å². The fraction of sp³-hybridized carbons (Fsp3) is 0.304. The second kappa shape index (κ2) is 8.98. The molecule has 0 spiro atoms. The molecule has 7 heteroatoms. The summed E-state index contributed by atoms with van der Waals surface area (Å²) in [6, 6.07) is 9.75. The van der Waals surface area contributed by atoms with Gasteiger partial charge in [-0.05, 0) is 48.7 Å². The largest absolute Gasteiger partial charge is 0.504 e. The van der Waals surface area contributed by atoms with E-state index >= 15 is 0 Å². The highest BCUT2D eigenvalue weighted by molar-refractivity contribution is 6.08. The number of hydrogen-bond acceptors (Lipinski definition) is 5. The molecule has 158 valence electrons. The number of aliphatic hydroxyl groups excluding tert-OH is 1. The van der Waals surface area contributed by atoms with E-state index in [4.69, 9.17) is 4.74 Å². The highest BCUT2D eigenvalue weighted by Crippen LogP contribution is 2.41. The van der Waals surface area contributed by atoms with Crippen LogP contribution in [0.5, 0.6) is 11.5 Å². The number of aliphatic hydroxyl groups is 1. The minimum Gasteiger partial charge on any atom is -0.504 e. The van der Waals surface area contributed by atoms with Gasteiger partial charge in [-0.25, -0.2) is 4.39 Å². The molecule has 0 fully saturated rings. The molecular weight excluding hydrogens is 389 g/mol. The summed E-state index contributed by atoms with van der Waals surface area (Å²) in [7, 11) is 0. The van der Waals surface area contributed by atoms with Crippen molar-refractivity contribution in [1.82, 2.24) is 4.90 Å². The van der Waals surface area contributed by atoms with Gasteiger partial charge < -0.3 is 19.8 Å². The number of ether oxygens (including phenoxy) is 1. The summed E-state index contributed by atoms with van der Waals surface area (Å²) in [6.07, 6.45) is 0.547. The van der Waals surface area contributed by atoms with E-state index < -0.39 is 17.7 Å². The zero-order valence-electron chi connectivity index (χ0n) is 16.9. The second-order valence-corrected chi connectivity index (χ2v) is 6.98. The summed E-state index contributed by atoms with van der Waals surface area (Å²) in [6.45, 7) is 3.98. The number of carbonyl (C=O) groups excluding carboxylic acids is 2. The van der Waals surface area contributed by atoms with E-state index in [1.807, 2.05) is 0 Å². The Balaban J connectivity index is 1.98. The Morgan fingerprint density at radius 2 is 1.83 bits per heavy atom. The lowest BCUT2D eigenvalue weighted by Crippen LogP contribution is -2.33. The molecule has 30 heavy (non-hydrogen) atoms. The minimum atomic E-state index is -0.801. The molecule has 1 atom stereocenters. The SMILES string of the molecule is CCOc1cc(C2C(C(=O)CC)=C(O)C(=O)N2CCc2ccc(F)cc2)ccc1O. The normalized spacial score (nSPS) is 16.3. The topological polar surface area (TPSA) is 87.1 Å². The molecule has 0 saturated heterocycles. The van der Waals surface area contributed by atoms with Crippen LogP contribution in [0.4, 0.5) is 4.39 Å². The van der Waals surface area contributed by atoms with Gasteiger partial charge in [0.2, 0.25) is 0 Å². The lowest BCUT2D eigenvalue weighted by atomic mass is 9.94. The molecule has 1 heterocycles. The smallest absolute Gasteiger partial charge is 0.290 e. The van der Waals surface area contributed by atoms with Crippen molar-refractivity contribution in [2.24, 2.45) is 0 Å². The molecule has 0 aliphatic carbocycles. The first-order chi connectivity index (χ1) is 14.4. The van der Waals surface area contributed by atoms with Crippen molar-refractivity contribution in [2.45, 2.75) is 32.7 Å². The van der Waals surface area contributed by atoms with E-state index in [-0.39, 0.29) is 41.6 Å². The summed E-state index contributed by atoms with van der Waals surface area (Å²) in [5, 5.41) is 20.5. The Morgan fingerprint density at radius 1 is 1.13 bits per heavy atom. The number of aromatic hydroxyl groups is 1. The predicted molar refractivity (Wildman–Crippen MR) is 109 cm³/mol. The van der Waals surface area contributed by atoms with Gasteiger partial charge in [-0.15, -0.1) is 0 Å². The molecule has 0 saturated carbocycles. The van der Waals surface area contributed by atoms with Crippen LogP contribution in [0.15, 0.2) is 53.8 Å². The van der Waals surface area contributed by atoms with Crippen molar-refractivity contribution < 1.29 is 28.9 Å². The van der Waals surface area contributed by atoms with Gasteiger partial charge in [0.25, 0.3) is 5.91 Å². The van der Waals surface area contributed by atoms with Crippen LogP contribution in [-0.2, 0) is 16.0 Å². The van der Waals surface area contributed by atoms with Crippen LogP contribution in [0.3, 0.4) is 0 Å².